The van der Waals surface area contributed by atoms with Gasteiger partial charge in [-0.3, -0.25) is 14.3 Å². The van der Waals surface area contributed by atoms with Gasteiger partial charge in [0, 0.05) is 31.7 Å². The Balaban J connectivity index is 1.52. The third-order valence-electron chi connectivity index (χ3n) is 5.49. The maximum Gasteiger partial charge on any atom is 0.276 e. The summed E-state index contributed by atoms with van der Waals surface area (Å²) in [6.07, 6.45) is 1.65. The molecule has 1 aromatic carbocycles. The van der Waals surface area contributed by atoms with Crippen LogP contribution in [0.3, 0.4) is 0 Å². The second-order valence-corrected chi connectivity index (χ2v) is 8.39. The van der Waals surface area contributed by atoms with Crippen LogP contribution in [0.1, 0.15) is 16.9 Å². The molecule has 2 saturated heterocycles. The summed E-state index contributed by atoms with van der Waals surface area (Å²) in [5.41, 5.74) is -0.757. The monoisotopic (exact) mass is 463 g/mol. The average molecular weight is 464 g/mol. The minimum atomic E-state index is -1.01. The van der Waals surface area contributed by atoms with Crippen molar-refractivity contribution < 1.29 is 23.8 Å². The predicted octanol–water partition coefficient (Wildman–Crippen LogP) is 1.01. The first-order valence-electron chi connectivity index (χ1n) is 10.5. The van der Waals surface area contributed by atoms with E-state index in [0.29, 0.717) is 43.6 Å². The number of aryl methyl sites for hydroxylation is 1. The van der Waals surface area contributed by atoms with E-state index in [1.54, 1.807) is 47.3 Å². The van der Waals surface area contributed by atoms with E-state index < -0.39 is 5.60 Å². The lowest BCUT2D eigenvalue weighted by Gasteiger charge is -2.42. The highest BCUT2D eigenvalue weighted by Crippen LogP contribution is 2.27. The zero-order chi connectivity index (χ0) is 22.6. The quantitative estimate of drug-likeness (QED) is 0.630. The number of amides is 2. The van der Waals surface area contributed by atoms with Crippen molar-refractivity contribution in [2.45, 2.75) is 12.0 Å². The summed E-state index contributed by atoms with van der Waals surface area (Å²) in [7, 11) is 1.70. The van der Waals surface area contributed by atoms with E-state index in [0.717, 1.165) is 0 Å². The molecule has 0 spiro atoms. The van der Waals surface area contributed by atoms with Gasteiger partial charge >= 0.3 is 0 Å². The van der Waals surface area contributed by atoms with Gasteiger partial charge in [-0.05, 0) is 18.2 Å². The summed E-state index contributed by atoms with van der Waals surface area (Å²) in [5.74, 6) is 0.251. The predicted molar refractivity (Wildman–Crippen MR) is 115 cm³/mol. The van der Waals surface area contributed by atoms with Crippen molar-refractivity contribution in [2.75, 3.05) is 52.6 Å². The second-order valence-electron chi connectivity index (χ2n) is 7.95. The van der Waals surface area contributed by atoms with Crippen molar-refractivity contribution in [1.29, 1.82) is 0 Å². The summed E-state index contributed by atoms with van der Waals surface area (Å²) in [6.45, 7) is 3.04. The van der Waals surface area contributed by atoms with Crippen LogP contribution in [0.15, 0.2) is 30.5 Å². The lowest BCUT2D eigenvalue weighted by Crippen LogP contribution is -2.58. The molecule has 172 valence electrons. The molecule has 0 unspecified atom stereocenters. The van der Waals surface area contributed by atoms with Crippen LogP contribution in [-0.4, -0.2) is 94.8 Å². The first kappa shape index (κ1) is 22.5. The number of ether oxygens (including phenoxy) is 3. The highest BCUT2D eigenvalue weighted by Gasteiger charge is 2.43. The van der Waals surface area contributed by atoms with E-state index in [1.807, 2.05) is 0 Å². The van der Waals surface area contributed by atoms with Gasteiger partial charge in [0.25, 0.3) is 5.91 Å². The molecule has 2 amide bonds. The van der Waals surface area contributed by atoms with Gasteiger partial charge in [0.05, 0.1) is 39.0 Å². The van der Waals surface area contributed by atoms with Gasteiger partial charge in [0.1, 0.15) is 18.0 Å². The van der Waals surface area contributed by atoms with E-state index in [9.17, 15) is 9.59 Å². The zero-order valence-corrected chi connectivity index (χ0v) is 18.7. The number of hydrogen-bond acceptors (Lipinski definition) is 7. The minimum Gasteiger partial charge on any atom is -0.490 e. The van der Waals surface area contributed by atoms with Crippen molar-refractivity contribution in [3.8, 4) is 5.75 Å². The molecular weight excluding hydrogens is 438 g/mol. The Labute approximate surface area is 191 Å². The van der Waals surface area contributed by atoms with E-state index in [-0.39, 0.29) is 43.7 Å². The third kappa shape index (κ3) is 5.37. The first-order chi connectivity index (χ1) is 15.4. The van der Waals surface area contributed by atoms with Crippen LogP contribution in [0.2, 0.25) is 5.02 Å². The highest BCUT2D eigenvalue weighted by molar-refractivity contribution is 6.30. The lowest BCUT2D eigenvalue weighted by molar-refractivity contribution is -0.155. The molecule has 2 aliphatic rings. The van der Waals surface area contributed by atoms with Crippen molar-refractivity contribution in [1.82, 2.24) is 24.8 Å². The van der Waals surface area contributed by atoms with E-state index in [2.05, 4.69) is 10.3 Å². The molecule has 0 radical (unpaired) electrons. The van der Waals surface area contributed by atoms with Crippen molar-refractivity contribution >= 4 is 23.4 Å². The number of rotatable bonds is 6. The Morgan fingerprint density at radius 2 is 1.97 bits per heavy atom. The summed E-state index contributed by atoms with van der Waals surface area (Å²) >= 11 is 6.07. The minimum absolute atomic E-state index is 0.0585. The fraction of sp³-hybridized carbons (Fsp3) is 0.524. The summed E-state index contributed by atoms with van der Waals surface area (Å²) in [5, 5.41) is 8.31. The topological polar surface area (TPSA) is 99.0 Å². The van der Waals surface area contributed by atoms with Crippen molar-refractivity contribution in [3.63, 3.8) is 0 Å². The molecule has 2 aliphatic heterocycles. The maximum absolute atomic E-state index is 13.1. The Morgan fingerprint density at radius 3 is 2.69 bits per heavy atom. The standard InChI is InChI=1S/C21H26ClN5O5/c1-25-13-18(23-24-25)20(29)27-7-10-32-21(14-27,12-19(28)26-5-8-30-9-6-26)15-31-17-4-2-3-16(22)11-17/h2-4,11,13H,5-10,12,14-15H2,1H3/t21-/m0/s1. The number of aromatic nitrogens is 3. The number of hydrogen-bond donors (Lipinski definition) is 0. The number of carbonyl (C=O) groups is 2. The summed E-state index contributed by atoms with van der Waals surface area (Å²) < 4.78 is 18.9. The van der Waals surface area contributed by atoms with Crippen LogP contribution in [-0.2, 0) is 21.3 Å². The molecule has 0 N–H and O–H groups in total. The molecule has 2 fully saturated rings. The normalized spacial score (nSPS) is 21.4. The molecule has 0 bridgehead atoms. The van der Waals surface area contributed by atoms with Gasteiger partial charge in [0.15, 0.2) is 5.69 Å². The number of nitrogens with zero attached hydrogens (tertiary/aromatic N) is 5. The maximum atomic E-state index is 13.1. The SMILES string of the molecule is Cn1cc(C(=O)N2CCO[C@@](COc3cccc(Cl)c3)(CC(=O)N3CCOCC3)C2)nn1. The summed E-state index contributed by atoms with van der Waals surface area (Å²) in [4.78, 5) is 29.5. The van der Waals surface area contributed by atoms with Crippen LogP contribution in [0.25, 0.3) is 0 Å². The highest BCUT2D eigenvalue weighted by atomic mass is 35.5. The molecule has 1 aromatic heterocycles. The van der Waals surface area contributed by atoms with E-state index in [1.165, 1.54) is 4.68 Å². The smallest absolute Gasteiger partial charge is 0.276 e. The molecular formula is C21H26ClN5O5. The first-order valence-corrected chi connectivity index (χ1v) is 10.9. The van der Waals surface area contributed by atoms with Gasteiger partial charge in [0.2, 0.25) is 5.91 Å². The second kappa shape index (κ2) is 9.85. The molecule has 11 heteroatoms. The fourth-order valence-electron chi connectivity index (χ4n) is 3.84. The Bertz CT molecular complexity index is 964. The number of carbonyl (C=O) groups excluding carboxylic acids is 2. The molecule has 3 heterocycles. The van der Waals surface area contributed by atoms with Crippen molar-refractivity contribution in [2.24, 2.45) is 7.05 Å². The molecule has 0 saturated carbocycles. The third-order valence-corrected chi connectivity index (χ3v) is 5.73. The largest absolute Gasteiger partial charge is 0.490 e. The zero-order valence-electron chi connectivity index (χ0n) is 17.9. The lowest BCUT2D eigenvalue weighted by atomic mass is 9.96. The molecule has 32 heavy (non-hydrogen) atoms. The van der Waals surface area contributed by atoms with Crippen LogP contribution in [0.4, 0.5) is 0 Å². The van der Waals surface area contributed by atoms with E-state index >= 15 is 0 Å². The molecule has 4 rings (SSSR count). The Kier molecular flexibility index (Phi) is 6.92. The van der Waals surface area contributed by atoms with Gasteiger partial charge in [-0.15, -0.1) is 5.10 Å². The van der Waals surface area contributed by atoms with Gasteiger partial charge < -0.3 is 24.0 Å². The summed E-state index contributed by atoms with van der Waals surface area (Å²) in [6, 6.07) is 7.03. The van der Waals surface area contributed by atoms with Gasteiger partial charge in [-0.2, -0.15) is 0 Å². The molecule has 2 aromatic rings. The van der Waals surface area contributed by atoms with Crippen molar-refractivity contribution in [3.05, 3.63) is 41.2 Å². The Morgan fingerprint density at radius 1 is 1.19 bits per heavy atom. The Hall–Kier alpha value is -2.69. The fourth-order valence-corrected chi connectivity index (χ4v) is 4.02. The van der Waals surface area contributed by atoms with Gasteiger partial charge in [-0.1, -0.05) is 22.9 Å². The van der Waals surface area contributed by atoms with E-state index in [4.69, 9.17) is 25.8 Å². The van der Waals surface area contributed by atoms with Crippen LogP contribution in [0.5, 0.6) is 5.75 Å². The molecule has 1 atom stereocenters. The van der Waals surface area contributed by atoms with Crippen LogP contribution < -0.4 is 4.74 Å². The molecule has 0 aliphatic carbocycles. The van der Waals surface area contributed by atoms with Crippen LogP contribution in [0, 0.1) is 0 Å². The number of benzene rings is 1. The average Bonchev–Trinajstić information content (AvgIpc) is 3.24. The number of halogens is 1. The number of morpholine rings is 2. The van der Waals surface area contributed by atoms with Gasteiger partial charge in [-0.25, -0.2) is 0 Å². The molecule has 10 nitrogen and oxygen atoms in total. The van der Waals surface area contributed by atoms with Crippen LogP contribution >= 0.6 is 11.6 Å².